The molecular weight excluding hydrogens is 568 g/mol. The van der Waals surface area contributed by atoms with Crippen LogP contribution in [0.5, 0.6) is 0 Å². The lowest BCUT2D eigenvalue weighted by Crippen LogP contribution is -2.44. The van der Waals surface area contributed by atoms with Crippen molar-refractivity contribution >= 4 is 34.1 Å². The molecule has 0 bridgehead atoms. The van der Waals surface area contributed by atoms with E-state index >= 15 is 0 Å². The first-order chi connectivity index (χ1) is 20.8. The molecule has 11 heteroatoms. The number of anilines is 1. The first-order valence-corrected chi connectivity index (χ1v) is 14.5. The summed E-state index contributed by atoms with van der Waals surface area (Å²) in [6, 6.07) is 19.9. The fourth-order valence-electron chi connectivity index (χ4n) is 5.57. The van der Waals surface area contributed by atoms with E-state index in [1.165, 1.54) is 4.68 Å². The predicted molar refractivity (Wildman–Crippen MR) is 164 cm³/mol. The summed E-state index contributed by atoms with van der Waals surface area (Å²) in [4.78, 5) is 28.3. The normalized spacial score (nSPS) is 17.3. The fraction of sp³-hybridized carbons (Fsp3) is 0.250. The third kappa shape index (κ3) is 5.29. The second-order valence-corrected chi connectivity index (χ2v) is 11.2. The van der Waals surface area contributed by atoms with Gasteiger partial charge in [0.05, 0.1) is 34.5 Å². The second kappa shape index (κ2) is 11.6. The number of carbonyl (C=O) groups excluding carboxylic acids is 1. The molecule has 0 saturated heterocycles. The SMILES string of the molecule is C[C@H](/C=C/CCn1cc(CCO)nn1)[C@@]1(O)C(=O)N(Cc2ccc(-n3[nH]c4ccccc4c3=O)cc2)c2ccc(Cl)cc21. The second-order valence-electron chi connectivity index (χ2n) is 10.7. The highest BCUT2D eigenvalue weighted by atomic mass is 35.5. The van der Waals surface area contributed by atoms with Gasteiger partial charge in [0.1, 0.15) is 0 Å². The summed E-state index contributed by atoms with van der Waals surface area (Å²) >= 11 is 6.33. The van der Waals surface area contributed by atoms with Gasteiger partial charge in [0.25, 0.3) is 11.5 Å². The van der Waals surface area contributed by atoms with Gasteiger partial charge in [-0.25, -0.2) is 4.68 Å². The van der Waals surface area contributed by atoms with Gasteiger partial charge >= 0.3 is 0 Å². The molecule has 0 spiro atoms. The molecule has 3 N–H and O–H groups in total. The van der Waals surface area contributed by atoms with Gasteiger partial charge in [-0.15, -0.1) is 5.10 Å². The van der Waals surface area contributed by atoms with Crippen LogP contribution in [-0.2, 0) is 29.9 Å². The van der Waals surface area contributed by atoms with E-state index in [1.807, 2.05) is 61.5 Å². The molecule has 3 aromatic carbocycles. The third-order valence-electron chi connectivity index (χ3n) is 7.92. The van der Waals surface area contributed by atoms with E-state index in [1.54, 1.807) is 40.0 Å². The van der Waals surface area contributed by atoms with Gasteiger partial charge in [0.15, 0.2) is 5.60 Å². The number of amides is 1. The molecule has 10 nitrogen and oxygen atoms in total. The molecule has 220 valence electrons. The number of fused-ring (bicyclic) bond motifs is 2. The molecule has 5 aromatic rings. The van der Waals surface area contributed by atoms with Crippen molar-refractivity contribution in [1.29, 1.82) is 0 Å². The van der Waals surface area contributed by atoms with Crippen LogP contribution in [0.4, 0.5) is 5.69 Å². The van der Waals surface area contributed by atoms with Gasteiger partial charge in [-0.3, -0.25) is 19.4 Å². The molecule has 1 aliphatic heterocycles. The standard InChI is InChI=1S/C32H31ClN6O4/c1-21(6-4-5-16-37-20-24(15-17-40)34-36-37)32(43)27-18-23(33)11-14-29(27)38(31(32)42)19-22-9-12-25(13-10-22)39-30(41)26-7-2-3-8-28(26)35-39/h2-4,6-14,18,20-21,35,40,43H,5,15-17,19H2,1H3/b6-4+/t21-,32+/m1/s1. The van der Waals surface area contributed by atoms with Gasteiger partial charge < -0.3 is 15.1 Å². The lowest BCUT2D eigenvalue weighted by atomic mass is 9.83. The van der Waals surface area contributed by atoms with Crippen LogP contribution in [0.25, 0.3) is 16.6 Å². The zero-order chi connectivity index (χ0) is 30.1. The number of benzene rings is 3. The van der Waals surface area contributed by atoms with E-state index < -0.39 is 17.4 Å². The van der Waals surface area contributed by atoms with Gasteiger partial charge in [-0.05, 0) is 54.4 Å². The van der Waals surface area contributed by atoms with Crippen LogP contribution in [0, 0.1) is 5.92 Å². The van der Waals surface area contributed by atoms with Crippen LogP contribution in [0.1, 0.15) is 30.2 Å². The third-order valence-corrected chi connectivity index (χ3v) is 8.16. The van der Waals surface area contributed by atoms with Crippen molar-refractivity contribution in [2.75, 3.05) is 11.5 Å². The van der Waals surface area contributed by atoms with Crippen molar-refractivity contribution in [3.05, 3.63) is 117 Å². The molecule has 0 aliphatic carbocycles. The Morgan fingerprint density at radius 2 is 1.88 bits per heavy atom. The highest BCUT2D eigenvalue weighted by molar-refractivity contribution is 6.31. The zero-order valence-electron chi connectivity index (χ0n) is 23.5. The summed E-state index contributed by atoms with van der Waals surface area (Å²) in [5, 5.41) is 33.2. The number of hydrogen-bond donors (Lipinski definition) is 3. The van der Waals surface area contributed by atoms with Crippen molar-refractivity contribution in [2.24, 2.45) is 5.92 Å². The average molecular weight is 599 g/mol. The molecule has 0 unspecified atom stereocenters. The fourth-order valence-corrected chi connectivity index (χ4v) is 5.75. The number of H-pyrrole nitrogens is 1. The van der Waals surface area contributed by atoms with Crippen LogP contribution in [0.15, 0.2) is 89.9 Å². The van der Waals surface area contributed by atoms with Crippen molar-refractivity contribution in [1.82, 2.24) is 24.8 Å². The van der Waals surface area contributed by atoms with Gasteiger partial charge in [0.2, 0.25) is 0 Å². The maximum Gasteiger partial charge on any atom is 0.279 e. The van der Waals surface area contributed by atoms with Gasteiger partial charge in [-0.1, -0.05) is 60.2 Å². The minimum Gasteiger partial charge on any atom is -0.396 e. The number of nitrogens with one attached hydrogen (secondary N) is 1. The quantitative estimate of drug-likeness (QED) is 0.207. The van der Waals surface area contributed by atoms with E-state index in [2.05, 4.69) is 15.4 Å². The molecular formula is C32H31ClN6O4. The Labute approximate surface area is 252 Å². The summed E-state index contributed by atoms with van der Waals surface area (Å²) in [7, 11) is 0. The van der Waals surface area contributed by atoms with Gasteiger partial charge in [0, 0.05) is 42.3 Å². The molecule has 0 saturated carbocycles. The molecule has 6 rings (SSSR count). The summed E-state index contributed by atoms with van der Waals surface area (Å²) in [5.74, 6) is -0.970. The highest BCUT2D eigenvalue weighted by Gasteiger charge is 2.52. The molecule has 2 atom stereocenters. The summed E-state index contributed by atoms with van der Waals surface area (Å²) in [6.07, 6.45) is 6.62. The number of rotatable bonds is 10. The Kier molecular flexibility index (Phi) is 7.74. The summed E-state index contributed by atoms with van der Waals surface area (Å²) < 4.78 is 3.20. The number of carbonyl (C=O) groups is 1. The average Bonchev–Trinajstić information content (AvgIpc) is 3.66. The summed E-state index contributed by atoms with van der Waals surface area (Å²) in [5.41, 5.74) is 2.13. The van der Waals surface area contributed by atoms with E-state index in [0.717, 1.165) is 16.8 Å². The molecule has 1 aliphatic rings. The maximum atomic E-state index is 13.9. The van der Waals surface area contributed by atoms with Crippen molar-refractivity contribution in [3.63, 3.8) is 0 Å². The number of nitrogens with zero attached hydrogens (tertiary/aromatic N) is 5. The van der Waals surface area contributed by atoms with E-state index in [-0.39, 0.29) is 18.7 Å². The molecule has 0 fully saturated rings. The number of allylic oxidation sites excluding steroid dienone is 1. The van der Waals surface area contributed by atoms with Crippen molar-refractivity contribution < 1.29 is 15.0 Å². The number of aliphatic hydroxyl groups excluding tert-OH is 1. The minimum atomic E-state index is -1.80. The van der Waals surface area contributed by atoms with E-state index in [9.17, 15) is 14.7 Å². The molecule has 2 aromatic heterocycles. The Morgan fingerprint density at radius 3 is 2.65 bits per heavy atom. The number of aliphatic hydroxyl groups is 2. The van der Waals surface area contributed by atoms with Crippen molar-refractivity contribution in [2.45, 2.75) is 38.5 Å². The van der Waals surface area contributed by atoms with Crippen LogP contribution < -0.4 is 10.5 Å². The van der Waals surface area contributed by atoms with Crippen LogP contribution in [-0.4, -0.2) is 47.5 Å². The monoisotopic (exact) mass is 598 g/mol. The Hall–Kier alpha value is -4.51. The maximum absolute atomic E-state index is 13.9. The van der Waals surface area contributed by atoms with Crippen LogP contribution in [0.3, 0.4) is 0 Å². The Bertz CT molecular complexity index is 1870. The molecule has 1 amide bonds. The number of aromatic nitrogens is 5. The van der Waals surface area contributed by atoms with Crippen LogP contribution in [0.2, 0.25) is 5.02 Å². The largest absolute Gasteiger partial charge is 0.396 e. The highest BCUT2D eigenvalue weighted by Crippen LogP contribution is 2.46. The number of aromatic amines is 1. The zero-order valence-corrected chi connectivity index (χ0v) is 24.3. The summed E-state index contributed by atoms with van der Waals surface area (Å²) in [6.45, 7) is 2.63. The first-order valence-electron chi connectivity index (χ1n) is 14.1. The number of aryl methyl sites for hydroxylation is 1. The predicted octanol–water partition coefficient (Wildman–Crippen LogP) is 4.12. The Balaban J connectivity index is 1.20. The molecule has 0 radical (unpaired) electrons. The number of halogens is 1. The molecule has 43 heavy (non-hydrogen) atoms. The first kappa shape index (κ1) is 28.6. The van der Waals surface area contributed by atoms with E-state index in [0.29, 0.717) is 46.7 Å². The lowest BCUT2D eigenvalue weighted by molar-refractivity contribution is -0.139. The molecule has 3 heterocycles. The number of hydrogen-bond acceptors (Lipinski definition) is 6. The van der Waals surface area contributed by atoms with Crippen molar-refractivity contribution in [3.8, 4) is 5.69 Å². The lowest BCUT2D eigenvalue weighted by Gasteiger charge is -2.27. The number of para-hydroxylation sites is 1. The van der Waals surface area contributed by atoms with Crippen LogP contribution >= 0.6 is 11.6 Å². The smallest absolute Gasteiger partial charge is 0.279 e. The van der Waals surface area contributed by atoms with Gasteiger partial charge in [-0.2, -0.15) is 0 Å². The van der Waals surface area contributed by atoms with E-state index in [4.69, 9.17) is 16.7 Å². The minimum absolute atomic E-state index is 0.0167. The Morgan fingerprint density at radius 1 is 1.09 bits per heavy atom. The topological polar surface area (TPSA) is 129 Å².